The van der Waals surface area contributed by atoms with Crippen molar-refractivity contribution in [1.82, 2.24) is 4.40 Å². The normalized spacial score (nSPS) is 13.2. The van der Waals surface area contributed by atoms with Crippen LogP contribution in [0.2, 0.25) is 0 Å². The third-order valence-electron chi connectivity index (χ3n) is 12.2. The van der Waals surface area contributed by atoms with Crippen molar-refractivity contribution in [3.05, 3.63) is 199 Å². The van der Waals surface area contributed by atoms with Gasteiger partial charge in [0.15, 0.2) is 0 Å². The van der Waals surface area contributed by atoms with Crippen molar-refractivity contribution in [2.45, 2.75) is 19.3 Å². The highest BCUT2D eigenvalue weighted by atomic mass is 32.1. The maximum atomic E-state index is 2.65. The van der Waals surface area contributed by atoms with E-state index in [9.17, 15) is 0 Å². The molecule has 3 heterocycles. The monoisotopic (exact) mass is 747 g/mol. The van der Waals surface area contributed by atoms with E-state index in [1.165, 1.54) is 75.4 Å². The van der Waals surface area contributed by atoms with Gasteiger partial charge in [0.05, 0.1) is 27.1 Å². The molecule has 0 N–H and O–H groups in total. The number of rotatable bonds is 6. The van der Waals surface area contributed by atoms with E-state index in [1.54, 1.807) is 0 Å². The van der Waals surface area contributed by atoms with Crippen molar-refractivity contribution in [3.63, 3.8) is 0 Å². The van der Waals surface area contributed by atoms with Gasteiger partial charge < -0.3 is 14.2 Å². The first-order chi connectivity index (χ1) is 28.1. The molecule has 0 saturated carbocycles. The smallest absolute Gasteiger partial charge is 0.0729 e. The molecule has 0 atom stereocenters. The molecule has 0 fully saturated rings. The van der Waals surface area contributed by atoms with Crippen molar-refractivity contribution < 1.29 is 0 Å². The fraction of sp³-hybridized carbons (Fsp3) is 0.0566. The number of thiophene rings is 1. The van der Waals surface area contributed by atoms with Crippen LogP contribution in [0.25, 0.3) is 58.6 Å². The van der Waals surface area contributed by atoms with Gasteiger partial charge in [0, 0.05) is 60.3 Å². The fourth-order valence-corrected chi connectivity index (χ4v) is 11.0. The Labute approximate surface area is 335 Å². The quantitative estimate of drug-likeness (QED) is 0.168. The Morgan fingerprint density at radius 3 is 1.68 bits per heavy atom. The second-order valence-corrected chi connectivity index (χ2v) is 16.8. The zero-order valence-corrected chi connectivity index (χ0v) is 32.5. The Balaban J connectivity index is 1.16. The Morgan fingerprint density at radius 2 is 1.05 bits per heavy atom. The highest BCUT2D eigenvalue weighted by molar-refractivity contribution is 7.26. The van der Waals surface area contributed by atoms with Crippen LogP contribution < -0.4 is 9.80 Å². The van der Waals surface area contributed by atoms with Crippen LogP contribution in [0.1, 0.15) is 25.0 Å². The van der Waals surface area contributed by atoms with E-state index >= 15 is 0 Å². The first kappa shape index (κ1) is 32.4. The number of aromatic nitrogens is 1. The Bertz CT molecular complexity index is 3230. The van der Waals surface area contributed by atoms with Gasteiger partial charge in [-0.3, -0.25) is 0 Å². The summed E-state index contributed by atoms with van der Waals surface area (Å²) in [5.41, 5.74) is 14.8. The van der Waals surface area contributed by atoms with Crippen molar-refractivity contribution in [2.24, 2.45) is 0 Å². The summed E-state index contributed by atoms with van der Waals surface area (Å²) in [6.45, 7) is 4.85. The van der Waals surface area contributed by atoms with E-state index in [4.69, 9.17) is 0 Å². The third kappa shape index (κ3) is 4.59. The van der Waals surface area contributed by atoms with Crippen LogP contribution in [-0.4, -0.2) is 4.40 Å². The highest BCUT2D eigenvalue weighted by Gasteiger charge is 2.42. The van der Waals surface area contributed by atoms with Crippen LogP contribution in [0, 0.1) is 0 Å². The molecular formula is C53H37N3S. The van der Waals surface area contributed by atoms with E-state index < -0.39 is 0 Å². The maximum Gasteiger partial charge on any atom is 0.0729 e. The van der Waals surface area contributed by atoms with Gasteiger partial charge in [0.1, 0.15) is 0 Å². The minimum atomic E-state index is -0.207. The lowest BCUT2D eigenvalue weighted by Crippen LogP contribution is -2.15. The van der Waals surface area contributed by atoms with Gasteiger partial charge in [0.25, 0.3) is 0 Å². The Kier molecular flexibility index (Phi) is 6.85. The number of nitrogens with zero attached hydrogens (tertiary/aromatic N) is 3. The molecule has 0 amide bonds. The van der Waals surface area contributed by atoms with E-state index in [1.807, 2.05) is 11.3 Å². The zero-order valence-electron chi connectivity index (χ0n) is 31.6. The first-order valence-electron chi connectivity index (χ1n) is 19.7. The number of hydrogen-bond acceptors (Lipinski definition) is 3. The van der Waals surface area contributed by atoms with Crippen LogP contribution in [0.3, 0.4) is 0 Å². The average molecular weight is 748 g/mol. The van der Waals surface area contributed by atoms with Crippen molar-refractivity contribution >= 4 is 92.8 Å². The first-order valence-corrected chi connectivity index (χ1v) is 20.5. The molecule has 0 bridgehead atoms. The van der Waals surface area contributed by atoms with Crippen LogP contribution in [-0.2, 0) is 5.41 Å². The molecule has 0 unspecified atom stereocenters. The SMILES string of the molecule is CC1(C)c2cc3ccc(N(c4ccccc4)c4ccccc4)cc3cc2-c2c1c1ccc(N(c3ccccc3)c3ccccc3)c3c4sc5ccccc5c4n2c13. The number of benzene rings is 8. The molecule has 270 valence electrons. The van der Waals surface area contributed by atoms with E-state index in [0.29, 0.717) is 0 Å². The van der Waals surface area contributed by atoms with Gasteiger partial charge in [-0.1, -0.05) is 117 Å². The maximum absolute atomic E-state index is 2.65. The number of anilines is 6. The molecule has 0 spiro atoms. The standard InChI is InChI=1S/C53H37N3S/c1-53(2)44-33-34-27-28-40(54(36-17-7-3-8-18-36)37-19-9-4-10-20-37)31-35(34)32-43(44)50-48(53)42-29-30-45(55(38-21-11-5-12-22-38)39-23-13-6-14-24-39)47-49(42)56(50)51-41-25-15-16-26-46(41)57-52(47)51/h3-33H,1-2H3. The van der Waals surface area contributed by atoms with Gasteiger partial charge in [0.2, 0.25) is 0 Å². The largest absolute Gasteiger partial charge is 0.310 e. The third-order valence-corrected chi connectivity index (χ3v) is 13.4. The number of para-hydroxylation sites is 4. The van der Waals surface area contributed by atoms with Gasteiger partial charge in [-0.2, -0.15) is 0 Å². The molecule has 57 heavy (non-hydrogen) atoms. The van der Waals surface area contributed by atoms with Crippen molar-refractivity contribution in [1.29, 1.82) is 0 Å². The molecule has 3 aromatic heterocycles. The molecule has 12 rings (SSSR count). The van der Waals surface area contributed by atoms with E-state index in [0.717, 1.165) is 28.4 Å². The van der Waals surface area contributed by atoms with Gasteiger partial charge >= 0.3 is 0 Å². The summed E-state index contributed by atoms with van der Waals surface area (Å²) >= 11 is 1.92. The van der Waals surface area contributed by atoms with Crippen LogP contribution >= 0.6 is 11.3 Å². The molecular weight excluding hydrogens is 711 g/mol. The summed E-state index contributed by atoms with van der Waals surface area (Å²) < 4.78 is 5.30. The summed E-state index contributed by atoms with van der Waals surface area (Å²) in [6, 6.07) is 68.7. The molecule has 11 aromatic rings. The second-order valence-electron chi connectivity index (χ2n) is 15.8. The lowest BCUT2D eigenvalue weighted by Gasteiger charge is -2.27. The van der Waals surface area contributed by atoms with Crippen molar-refractivity contribution in [3.8, 4) is 11.3 Å². The lowest BCUT2D eigenvalue weighted by atomic mass is 9.81. The highest BCUT2D eigenvalue weighted by Crippen LogP contribution is 2.59. The van der Waals surface area contributed by atoms with Gasteiger partial charge in [-0.05, 0) is 107 Å². The van der Waals surface area contributed by atoms with Crippen LogP contribution in [0.4, 0.5) is 34.1 Å². The lowest BCUT2D eigenvalue weighted by molar-refractivity contribution is 0.667. The second kappa shape index (κ2) is 12.1. The summed E-state index contributed by atoms with van der Waals surface area (Å²) in [7, 11) is 0. The van der Waals surface area contributed by atoms with E-state index in [-0.39, 0.29) is 5.41 Å². The van der Waals surface area contributed by atoms with Crippen LogP contribution in [0.5, 0.6) is 0 Å². The van der Waals surface area contributed by atoms with E-state index in [2.05, 4.69) is 216 Å². The molecule has 3 nitrogen and oxygen atoms in total. The zero-order chi connectivity index (χ0) is 37.8. The molecule has 1 aliphatic rings. The summed E-state index contributed by atoms with van der Waals surface area (Å²) in [4.78, 5) is 4.80. The summed E-state index contributed by atoms with van der Waals surface area (Å²) in [5.74, 6) is 0. The summed E-state index contributed by atoms with van der Waals surface area (Å²) in [6.07, 6.45) is 0. The minimum Gasteiger partial charge on any atom is -0.310 e. The molecule has 8 aromatic carbocycles. The molecule has 0 radical (unpaired) electrons. The topological polar surface area (TPSA) is 10.9 Å². The fourth-order valence-electron chi connectivity index (χ4n) is 9.77. The predicted octanol–water partition coefficient (Wildman–Crippen LogP) is 15.3. The van der Waals surface area contributed by atoms with Gasteiger partial charge in [-0.25, -0.2) is 0 Å². The molecule has 0 aliphatic heterocycles. The Morgan fingerprint density at radius 1 is 0.474 bits per heavy atom. The minimum absolute atomic E-state index is 0.207. The predicted molar refractivity (Wildman–Crippen MR) is 243 cm³/mol. The Hall–Kier alpha value is -6.88. The number of hydrogen-bond donors (Lipinski definition) is 0. The van der Waals surface area contributed by atoms with Crippen molar-refractivity contribution in [2.75, 3.05) is 9.80 Å². The average Bonchev–Trinajstić information content (AvgIpc) is 3.96. The molecule has 4 heteroatoms. The van der Waals surface area contributed by atoms with Gasteiger partial charge in [-0.15, -0.1) is 11.3 Å². The van der Waals surface area contributed by atoms with Crippen LogP contribution in [0.15, 0.2) is 188 Å². The number of fused-ring (bicyclic) bond motifs is 11. The molecule has 1 aliphatic carbocycles. The summed E-state index contributed by atoms with van der Waals surface area (Å²) in [5, 5.41) is 6.45. The molecule has 0 saturated heterocycles.